The molecule has 32 heavy (non-hydrogen) atoms. The zero-order chi connectivity index (χ0) is 21.0. The summed E-state index contributed by atoms with van der Waals surface area (Å²) in [5.74, 6) is 0.255. The molecule has 1 amide bonds. The van der Waals surface area contributed by atoms with Gasteiger partial charge in [-0.05, 0) is 42.5 Å². The molecule has 168 valence electrons. The Kier molecular flexibility index (Phi) is 7.33. The first-order valence-corrected chi connectivity index (χ1v) is 11.6. The zero-order valence-corrected chi connectivity index (χ0v) is 19.4. The van der Waals surface area contributed by atoms with Crippen LogP contribution in [-0.4, -0.2) is 50.1 Å². The molecule has 1 saturated heterocycles. The van der Waals surface area contributed by atoms with Crippen molar-refractivity contribution in [2.45, 2.75) is 25.7 Å². The first-order chi connectivity index (χ1) is 15.3. The topological polar surface area (TPSA) is 26.8 Å². The number of unbranched alkanes of at least 4 members (excludes halogenated alkanes) is 2. The van der Waals surface area contributed by atoms with Crippen LogP contribution >= 0.6 is 12.4 Å². The Morgan fingerprint density at radius 2 is 1.38 bits per heavy atom. The van der Waals surface area contributed by atoms with Crippen LogP contribution in [0, 0.1) is 0 Å². The minimum absolute atomic E-state index is 0. The van der Waals surface area contributed by atoms with E-state index in [0.29, 0.717) is 6.42 Å². The molecule has 0 radical (unpaired) electrons. The average Bonchev–Trinajstić information content (AvgIpc) is 3.14. The molecule has 0 saturated carbocycles. The number of hydrogen-bond donors (Lipinski definition) is 0. The highest BCUT2D eigenvalue weighted by Gasteiger charge is 2.26. The number of carbonyl (C=O) groups is 1. The molecule has 0 aromatic heterocycles. The van der Waals surface area contributed by atoms with Crippen LogP contribution in [0.15, 0.2) is 66.7 Å². The predicted molar refractivity (Wildman–Crippen MR) is 136 cm³/mol. The van der Waals surface area contributed by atoms with Crippen molar-refractivity contribution < 1.29 is 4.79 Å². The molecule has 1 fully saturated rings. The van der Waals surface area contributed by atoms with Crippen molar-refractivity contribution in [2.24, 2.45) is 0 Å². The lowest BCUT2D eigenvalue weighted by atomic mass is 10.1. The SMILES string of the molecule is Cl.O=C1Cc2ccccc2N1CCCCCN1CCN(c2cccc3ccccc23)CC1. The maximum atomic E-state index is 12.3. The van der Waals surface area contributed by atoms with Gasteiger partial charge in [0.15, 0.2) is 0 Å². The van der Waals surface area contributed by atoms with Crippen LogP contribution in [0.2, 0.25) is 0 Å². The van der Waals surface area contributed by atoms with Crippen molar-refractivity contribution in [3.8, 4) is 0 Å². The second-order valence-corrected chi connectivity index (χ2v) is 8.74. The Morgan fingerprint density at radius 1 is 0.688 bits per heavy atom. The molecular formula is C27H32ClN3O. The molecule has 0 bridgehead atoms. The van der Waals surface area contributed by atoms with Crippen molar-refractivity contribution >= 4 is 40.5 Å². The highest BCUT2D eigenvalue weighted by molar-refractivity contribution is 6.01. The minimum atomic E-state index is 0. The molecule has 5 heteroatoms. The van der Waals surface area contributed by atoms with E-state index < -0.39 is 0 Å². The van der Waals surface area contributed by atoms with Crippen molar-refractivity contribution in [2.75, 3.05) is 49.1 Å². The van der Waals surface area contributed by atoms with E-state index in [4.69, 9.17) is 0 Å². The lowest BCUT2D eigenvalue weighted by Crippen LogP contribution is -2.46. The Balaban J connectivity index is 0.00000245. The van der Waals surface area contributed by atoms with Crippen LogP contribution in [0.4, 0.5) is 11.4 Å². The van der Waals surface area contributed by atoms with Crippen molar-refractivity contribution in [3.05, 3.63) is 72.3 Å². The van der Waals surface area contributed by atoms with Crippen LogP contribution in [0.3, 0.4) is 0 Å². The van der Waals surface area contributed by atoms with E-state index in [1.807, 2.05) is 17.0 Å². The Morgan fingerprint density at radius 3 is 2.25 bits per heavy atom. The Hall–Kier alpha value is -2.56. The summed E-state index contributed by atoms with van der Waals surface area (Å²) in [6, 6.07) is 23.5. The van der Waals surface area contributed by atoms with E-state index in [-0.39, 0.29) is 18.3 Å². The summed E-state index contributed by atoms with van der Waals surface area (Å²) in [5, 5.41) is 2.68. The van der Waals surface area contributed by atoms with Gasteiger partial charge in [0, 0.05) is 49.5 Å². The molecule has 0 atom stereocenters. The van der Waals surface area contributed by atoms with Gasteiger partial charge in [-0.2, -0.15) is 0 Å². The largest absolute Gasteiger partial charge is 0.368 e. The first kappa shape index (κ1) is 22.6. The van der Waals surface area contributed by atoms with Gasteiger partial charge in [-0.15, -0.1) is 12.4 Å². The third kappa shape index (κ3) is 4.77. The minimum Gasteiger partial charge on any atom is -0.368 e. The summed E-state index contributed by atoms with van der Waals surface area (Å²) in [6.07, 6.45) is 4.03. The molecule has 5 rings (SSSR count). The van der Waals surface area contributed by atoms with Gasteiger partial charge in [-0.25, -0.2) is 0 Å². The summed E-state index contributed by atoms with van der Waals surface area (Å²) in [5.41, 5.74) is 3.67. The number of halogens is 1. The highest BCUT2D eigenvalue weighted by atomic mass is 35.5. The van der Waals surface area contributed by atoms with Crippen LogP contribution in [0.5, 0.6) is 0 Å². The number of nitrogens with zero attached hydrogens (tertiary/aromatic N) is 3. The number of piperazine rings is 1. The van der Waals surface area contributed by atoms with E-state index in [2.05, 4.69) is 64.4 Å². The van der Waals surface area contributed by atoms with Gasteiger partial charge in [0.1, 0.15) is 0 Å². The molecule has 3 aromatic carbocycles. The number of rotatable bonds is 7. The highest BCUT2D eigenvalue weighted by Crippen LogP contribution is 2.29. The Bertz CT molecular complexity index is 1060. The van der Waals surface area contributed by atoms with E-state index in [1.165, 1.54) is 34.9 Å². The maximum absolute atomic E-state index is 12.3. The second kappa shape index (κ2) is 10.4. The number of amides is 1. The molecule has 0 aliphatic carbocycles. The third-order valence-electron chi connectivity index (χ3n) is 6.76. The summed E-state index contributed by atoms with van der Waals surface area (Å²) in [6.45, 7) is 6.45. The van der Waals surface area contributed by atoms with Gasteiger partial charge < -0.3 is 9.80 Å². The fourth-order valence-corrected chi connectivity index (χ4v) is 5.04. The fourth-order valence-electron chi connectivity index (χ4n) is 5.04. The number of para-hydroxylation sites is 1. The molecule has 2 aliphatic heterocycles. The van der Waals surface area contributed by atoms with Crippen LogP contribution < -0.4 is 9.80 Å². The second-order valence-electron chi connectivity index (χ2n) is 8.74. The van der Waals surface area contributed by atoms with Crippen LogP contribution in [-0.2, 0) is 11.2 Å². The van der Waals surface area contributed by atoms with Gasteiger partial charge in [0.2, 0.25) is 5.91 Å². The number of hydrogen-bond acceptors (Lipinski definition) is 3. The lowest BCUT2D eigenvalue weighted by Gasteiger charge is -2.36. The van der Waals surface area contributed by atoms with Crippen LogP contribution in [0.25, 0.3) is 10.8 Å². The quantitative estimate of drug-likeness (QED) is 0.467. The lowest BCUT2D eigenvalue weighted by molar-refractivity contribution is -0.117. The number of fused-ring (bicyclic) bond motifs is 2. The number of anilines is 2. The van der Waals surface area contributed by atoms with Crippen molar-refractivity contribution in [3.63, 3.8) is 0 Å². The number of carbonyl (C=O) groups excluding carboxylic acids is 1. The van der Waals surface area contributed by atoms with Gasteiger partial charge in [-0.3, -0.25) is 9.69 Å². The smallest absolute Gasteiger partial charge is 0.231 e. The molecule has 2 heterocycles. The van der Waals surface area contributed by atoms with Gasteiger partial charge in [0.05, 0.1) is 6.42 Å². The van der Waals surface area contributed by atoms with E-state index in [1.54, 1.807) is 0 Å². The molecule has 3 aromatic rings. The standard InChI is InChI=1S/C27H31N3O.ClH/c31-27-21-23-10-3-5-13-25(23)30(27)16-7-1-6-15-28-17-19-29(20-18-28)26-14-8-11-22-9-2-4-12-24(22)26;/h2-5,8-14H,1,6-7,15-21H2;1H. The van der Waals surface area contributed by atoms with E-state index in [9.17, 15) is 4.79 Å². The monoisotopic (exact) mass is 449 g/mol. The van der Waals surface area contributed by atoms with Crippen LogP contribution in [0.1, 0.15) is 24.8 Å². The van der Waals surface area contributed by atoms with Crippen molar-refractivity contribution in [1.29, 1.82) is 0 Å². The maximum Gasteiger partial charge on any atom is 0.231 e. The predicted octanol–water partition coefficient (Wildman–Crippen LogP) is 5.14. The first-order valence-electron chi connectivity index (χ1n) is 11.6. The normalized spacial score (nSPS) is 16.3. The number of benzene rings is 3. The van der Waals surface area contributed by atoms with Gasteiger partial charge in [0.25, 0.3) is 0 Å². The summed E-state index contributed by atoms with van der Waals surface area (Å²) in [7, 11) is 0. The average molecular weight is 450 g/mol. The van der Waals surface area contributed by atoms with E-state index in [0.717, 1.165) is 51.4 Å². The molecule has 4 nitrogen and oxygen atoms in total. The molecular weight excluding hydrogens is 418 g/mol. The molecule has 0 unspecified atom stereocenters. The van der Waals surface area contributed by atoms with Gasteiger partial charge >= 0.3 is 0 Å². The summed E-state index contributed by atoms with van der Waals surface area (Å²) < 4.78 is 0. The zero-order valence-electron chi connectivity index (χ0n) is 18.6. The summed E-state index contributed by atoms with van der Waals surface area (Å²) in [4.78, 5) is 19.4. The third-order valence-corrected chi connectivity index (χ3v) is 6.76. The van der Waals surface area contributed by atoms with E-state index >= 15 is 0 Å². The molecule has 2 aliphatic rings. The van der Waals surface area contributed by atoms with Gasteiger partial charge in [-0.1, -0.05) is 61.0 Å². The Labute approximate surface area is 197 Å². The van der Waals surface area contributed by atoms with Crippen molar-refractivity contribution in [1.82, 2.24) is 4.90 Å². The molecule has 0 N–H and O–H groups in total. The molecule has 0 spiro atoms. The summed E-state index contributed by atoms with van der Waals surface area (Å²) >= 11 is 0. The fraction of sp³-hybridized carbons (Fsp3) is 0.370.